The highest BCUT2D eigenvalue weighted by atomic mass is 127. The fourth-order valence-corrected chi connectivity index (χ4v) is 1.46. The smallest absolute Gasteiger partial charge is 0.118 e. The Kier molecular flexibility index (Phi) is 6.43. The first-order valence-corrected chi connectivity index (χ1v) is 6.31. The summed E-state index contributed by atoms with van der Waals surface area (Å²) in [5.41, 5.74) is 1.17. The minimum Gasteiger partial charge on any atom is -0.497 e. The molecule has 0 aromatic heterocycles. The van der Waals surface area contributed by atoms with E-state index in [0.29, 0.717) is 13.2 Å². The van der Waals surface area contributed by atoms with Crippen molar-refractivity contribution >= 4 is 22.6 Å². The van der Waals surface area contributed by atoms with E-state index in [1.165, 1.54) is 5.56 Å². The minimum atomic E-state index is 0.648. The lowest BCUT2D eigenvalue weighted by atomic mass is 10.2. The summed E-state index contributed by atoms with van der Waals surface area (Å²) in [6.07, 6.45) is 4.13. The van der Waals surface area contributed by atoms with E-state index < -0.39 is 0 Å². The van der Waals surface area contributed by atoms with E-state index in [4.69, 9.17) is 9.47 Å². The maximum atomic E-state index is 5.46. The fourth-order valence-electron chi connectivity index (χ4n) is 1.10. The number of ether oxygens (including phenoxy) is 2. The highest BCUT2D eigenvalue weighted by Crippen LogP contribution is 2.11. The van der Waals surface area contributed by atoms with Crippen LogP contribution in [0.25, 0.3) is 0 Å². The van der Waals surface area contributed by atoms with Crippen LogP contribution in [0, 0.1) is 0 Å². The molecule has 0 aliphatic rings. The van der Waals surface area contributed by atoms with Crippen LogP contribution < -0.4 is 4.74 Å². The second-order valence-electron chi connectivity index (χ2n) is 2.99. The predicted octanol–water partition coefficient (Wildman–Crippen LogP) is 3.20. The zero-order valence-electron chi connectivity index (χ0n) is 8.78. The molecule has 3 heteroatoms. The number of methoxy groups -OCH3 is 1. The molecule has 0 saturated carbocycles. The average Bonchev–Trinajstić information content (AvgIpc) is 2.30. The van der Waals surface area contributed by atoms with Crippen molar-refractivity contribution in [1.29, 1.82) is 0 Å². The van der Waals surface area contributed by atoms with E-state index in [0.717, 1.165) is 10.2 Å². The summed E-state index contributed by atoms with van der Waals surface area (Å²) in [6, 6.07) is 7.92. The number of rotatable bonds is 6. The highest BCUT2D eigenvalue weighted by molar-refractivity contribution is 14.1. The Hall–Kier alpha value is -0.550. The van der Waals surface area contributed by atoms with Gasteiger partial charge in [-0.1, -0.05) is 46.9 Å². The van der Waals surface area contributed by atoms with Crippen molar-refractivity contribution in [3.8, 4) is 5.75 Å². The van der Waals surface area contributed by atoms with Gasteiger partial charge in [0.1, 0.15) is 5.75 Å². The van der Waals surface area contributed by atoms with Gasteiger partial charge in [0, 0.05) is 4.43 Å². The Morgan fingerprint density at radius 2 is 1.93 bits per heavy atom. The SMILES string of the molecule is COc1ccc(COC/C=C/CI)cc1. The molecular weight excluding hydrogens is 303 g/mol. The number of hydrogen-bond acceptors (Lipinski definition) is 2. The molecular formula is C12H15IO2. The molecule has 0 unspecified atom stereocenters. The van der Waals surface area contributed by atoms with Crippen LogP contribution in [0.4, 0.5) is 0 Å². The molecule has 82 valence electrons. The lowest BCUT2D eigenvalue weighted by Gasteiger charge is -2.03. The zero-order valence-corrected chi connectivity index (χ0v) is 10.9. The van der Waals surface area contributed by atoms with Gasteiger partial charge in [-0.2, -0.15) is 0 Å². The monoisotopic (exact) mass is 318 g/mol. The third-order valence-corrected chi connectivity index (χ3v) is 2.41. The van der Waals surface area contributed by atoms with Crippen LogP contribution in [0.15, 0.2) is 36.4 Å². The van der Waals surface area contributed by atoms with Gasteiger partial charge in [-0.05, 0) is 17.7 Å². The summed E-state index contributed by atoms with van der Waals surface area (Å²) in [5, 5.41) is 0. The first-order chi connectivity index (χ1) is 7.36. The number of alkyl halides is 1. The maximum Gasteiger partial charge on any atom is 0.118 e. The van der Waals surface area contributed by atoms with Gasteiger partial charge in [0.15, 0.2) is 0 Å². The van der Waals surface area contributed by atoms with Crippen molar-refractivity contribution in [2.75, 3.05) is 18.1 Å². The summed E-state index contributed by atoms with van der Waals surface area (Å²) >= 11 is 2.30. The molecule has 0 N–H and O–H groups in total. The normalized spacial score (nSPS) is 10.8. The lowest BCUT2D eigenvalue weighted by Crippen LogP contribution is -1.93. The topological polar surface area (TPSA) is 18.5 Å². The van der Waals surface area contributed by atoms with Gasteiger partial charge in [-0.3, -0.25) is 0 Å². The molecule has 15 heavy (non-hydrogen) atoms. The molecule has 0 spiro atoms. The van der Waals surface area contributed by atoms with Crippen LogP contribution in [-0.4, -0.2) is 18.1 Å². The van der Waals surface area contributed by atoms with Crippen LogP contribution in [0.5, 0.6) is 5.75 Å². The third kappa shape index (κ3) is 5.18. The maximum absolute atomic E-state index is 5.46. The standard InChI is InChI=1S/C12H15IO2/c1-14-12-6-4-11(5-7-12)10-15-9-3-2-8-13/h2-7H,8-10H2,1H3/b3-2+. The molecule has 0 saturated heterocycles. The predicted molar refractivity (Wildman–Crippen MR) is 70.7 cm³/mol. The van der Waals surface area contributed by atoms with Gasteiger partial charge in [-0.15, -0.1) is 0 Å². The second-order valence-corrected chi connectivity index (χ2v) is 3.87. The molecule has 1 aromatic carbocycles. The quantitative estimate of drug-likeness (QED) is 0.347. The first-order valence-electron chi connectivity index (χ1n) is 4.78. The molecule has 0 aliphatic heterocycles. The van der Waals surface area contributed by atoms with E-state index >= 15 is 0 Å². The Labute approximate surface area is 104 Å². The van der Waals surface area contributed by atoms with E-state index in [2.05, 4.69) is 28.7 Å². The van der Waals surface area contributed by atoms with Gasteiger partial charge in [0.05, 0.1) is 20.3 Å². The molecule has 1 rings (SSSR count). The van der Waals surface area contributed by atoms with Crippen molar-refractivity contribution in [3.05, 3.63) is 42.0 Å². The molecule has 0 radical (unpaired) electrons. The average molecular weight is 318 g/mol. The Morgan fingerprint density at radius 3 is 2.53 bits per heavy atom. The molecule has 0 fully saturated rings. The van der Waals surface area contributed by atoms with Gasteiger partial charge in [-0.25, -0.2) is 0 Å². The van der Waals surface area contributed by atoms with Gasteiger partial charge < -0.3 is 9.47 Å². The summed E-state index contributed by atoms with van der Waals surface area (Å²) in [6.45, 7) is 1.32. The Morgan fingerprint density at radius 1 is 1.20 bits per heavy atom. The number of benzene rings is 1. The summed E-state index contributed by atoms with van der Waals surface area (Å²) in [4.78, 5) is 0. The van der Waals surface area contributed by atoms with Gasteiger partial charge in [0.25, 0.3) is 0 Å². The zero-order chi connectivity index (χ0) is 10.9. The molecule has 0 amide bonds. The van der Waals surface area contributed by atoms with Crippen LogP contribution in [0.2, 0.25) is 0 Å². The Balaban J connectivity index is 2.28. The van der Waals surface area contributed by atoms with Crippen LogP contribution in [0.1, 0.15) is 5.56 Å². The van der Waals surface area contributed by atoms with E-state index in [-0.39, 0.29) is 0 Å². The fraction of sp³-hybridized carbons (Fsp3) is 0.333. The van der Waals surface area contributed by atoms with Crippen LogP contribution in [0.3, 0.4) is 0 Å². The largest absolute Gasteiger partial charge is 0.497 e. The highest BCUT2D eigenvalue weighted by Gasteiger charge is 1.93. The van der Waals surface area contributed by atoms with E-state index in [9.17, 15) is 0 Å². The van der Waals surface area contributed by atoms with Crippen molar-refractivity contribution in [2.24, 2.45) is 0 Å². The first kappa shape index (κ1) is 12.5. The van der Waals surface area contributed by atoms with Crippen LogP contribution >= 0.6 is 22.6 Å². The number of halogens is 1. The van der Waals surface area contributed by atoms with E-state index in [1.54, 1.807) is 7.11 Å². The van der Waals surface area contributed by atoms with Gasteiger partial charge >= 0.3 is 0 Å². The van der Waals surface area contributed by atoms with Crippen LogP contribution in [-0.2, 0) is 11.3 Å². The lowest BCUT2D eigenvalue weighted by molar-refractivity contribution is 0.148. The summed E-state index contributed by atoms with van der Waals surface area (Å²) in [5.74, 6) is 0.878. The number of allylic oxidation sites excluding steroid dienone is 1. The van der Waals surface area contributed by atoms with Crippen molar-refractivity contribution < 1.29 is 9.47 Å². The van der Waals surface area contributed by atoms with Gasteiger partial charge in [0.2, 0.25) is 0 Å². The molecule has 0 aliphatic carbocycles. The molecule has 0 atom stereocenters. The molecule has 1 aromatic rings. The third-order valence-electron chi connectivity index (χ3n) is 1.90. The summed E-state index contributed by atoms with van der Waals surface area (Å²) < 4.78 is 11.6. The molecule has 0 bridgehead atoms. The van der Waals surface area contributed by atoms with Crippen molar-refractivity contribution in [1.82, 2.24) is 0 Å². The van der Waals surface area contributed by atoms with Crippen molar-refractivity contribution in [2.45, 2.75) is 6.61 Å². The second kappa shape index (κ2) is 7.70. The van der Waals surface area contributed by atoms with E-state index in [1.807, 2.05) is 30.3 Å². The number of hydrogen-bond donors (Lipinski definition) is 0. The molecule has 0 heterocycles. The minimum absolute atomic E-state index is 0.648. The molecule has 2 nitrogen and oxygen atoms in total. The van der Waals surface area contributed by atoms with Crippen molar-refractivity contribution in [3.63, 3.8) is 0 Å². The Bertz CT molecular complexity index is 293. The summed E-state index contributed by atoms with van der Waals surface area (Å²) in [7, 11) is 1.67.